The predicted octanol–water partition coefficient (Wildman–Crippen LogP) is 2.74. The molecule has 0 amide bonds. The Kier molecular flexibility index (Phi) is 6.49. The fraction of sp³-hybridized carbons (Fsp3) is 0.333. The fourth-order valence-corrected chi connectivity index (χ4v) is 3.77. The van der Waals surface area contributed by atoms with Crippen molar-refractivity contribution in [2.24, 2.45) is 0 Å². The molecule has 0 radical (unpaired) electrons. The summed E-state index contributed by atoms with van der Waals surface area (Å²) in [6.07, 6.45) is 1.52. The average molecular weight is 399 g/mol. The van der Waals surface area contributed by atoms with E-state index in [2.05, 4.69) is 26.3 Å². The number of phenols is 1. The molecule has 0 aliphatic carbocycles. The number of rotatable bonds is 8. The van der Waals surface area contributed by atoms with Crippen LogP contribution in [0.1, 0.15) is 16.8 Å². The van der Waals surface area contributed by atoms with Gasteiger partial charge in [-0.15, -0.1) is 0 Å². The molecule has 0 bridgehead atoms. The van der Waals surface area contributed by atoms with Crippen LogP contribution in [0, 0.1) is 0 Å². The van der Waals surface area contributed by atoms with Crippen LogP contribution in [0.25, 0.3) is 0 Å². The Hall–Kier alpha value is -2.64. The molecule has 2 heterocycles. The van der Waals surface area contributed by atoms with Crippen LogP contribution < -0.4 is 10.5 Å². The number of thiophene rings is 1. The first-order valence-corrected chi connectivity index (χ1v) is 10.1. The quantitative estimate of drug-likeness (QED) is 0.610. The molecule has 0 aliphatic rings. The first-order chi connectivity index (χ1) is 13.4. The van der Waals surface area contributed by atoms with Gasteiger partial charge in [-0.25, -0.2) is 0 Å². The van der Waals surface area contributed by atoms with Crippen LogP contribution in [0.15, 0.2) is 52.0 Å². The molecular formula is C21H26N4O2S. The number of H-pyrrole nitrogens is 1. The number of benzene rings is 1. The Bertz CT molecular complexity index is 936. The second kappa shape index (κ2) is 9.03. The van der Waals surface area contributed by atoms with E-state index in [1.54, 1.807) is 29.5 Å². The van der Waals surface area contributed by atoms with E-state index in [4.69, 9.17) is 0 Å². The molecule has 0 aliphatic heterocycles. The first kappa shape index (κ1) is 20.1. The number of anilines is 1. The third kappa shape index (κ3) is 5.43. The Balaban J connectivity index is 1.74. The van der Waals surface area contributed by atoms with Crippen LogP contribution in [0.4, 0.5) is 5.95 Å². The smallest absolute Gasteiger partial charge is 0.274 e. The molecule has 2 N–H and O–H groups in total. The van der Waals surface area contributed by atoms with Gasteiger partial charge in [0.15, 0.2) is 0 Å². The number of phenolic OH excluding ortho intramolecular Hbond substituents is 1. The van der Waals surface area contributed by atoms with Crippen molar-refractivity contribution in [2.45, 2.75) is 18.9 Å². The largest absolute Gasteiger partial charge is 0.508 e. The molecule has 0 saturated heterocycles. The molecule has 3 aromatic rings. The van der Waals surface area contributed by atoms with Crippen LogP contribution in [-0.4, -0.2) is 53.7 Å². The number of hydrogen-bond acceptors (Lipinski definition) is 6. The highest BCUT2D eigenvalue weighted by Crippen LogP contribution is 2.15. The SMILES string of the molecule is CN(CC(Cc1ccc(O)cc1)N(C)C)c1nc(=O)cc(Cc2ccsc2)[nH]1. The van der Waals surface area contributed by atoms with E-state index in [1.165, 1.54) is 5.56 Å². The van der Waals surface area contributed by atoms with Gasteiger partial charge >= 0.3 is 0 Å². The number of aromatic amines is 1. The lowest BCUT2D eigenvalue weighted by Gasteiger charge is -2.29. The maximum Gasteiger partial charge on any atom is 0.274 e. The van der Waals surface area contributed by atoms with E-state index >= 15 is 0 Å². The van der Waals surface area contributed by atoms with E-state index in [-0.39, 0.29) is 17.4 Å². The van der Waals surface area contributed by atoms with Gasteiger partial charge in [-0.05, 0) is 60.6 Å². The van der Waals surface area contributed by atoms with E-state index in [0.717, 1.165) is 17.7 Å². The van der Waals surface area contributed by atoms with Crippen molar-refractivity contribution in [3.63, 3.8) is 0 Å². The van der Waals surface area contributed by atoms with Gasteiger partial charge in [0, 0.05) is 37.8 Å². The molecular weight excluding hydrogens is 372 g/mol. The minimum Gasteiger partial charge on any atom is -0.508 e. The van der Waals surface area contributed by atoms with Crippen LogP contribution >= 0.6 is 11.3 Å². The van der Waals surface area contributed by atoms with E-state index in [0.29, 0.717) is 18.9 Å². The number of nitrogens with one attached hydrogen (secondary N) is 1. The number of nitrogens with zero attached hydrogens (tertiary/aromatic N) is 3. The zero-order valence-corrected chi connectivity index (χ0v) is 17.2. The lowest BCUT2D eigenvalue weighted by atomic mass is 10.0. The Morgan fingerprint density at radius 1 is 1.14 bits per heavy atom. The van der Waals surface area contributed by atoms with E-state index < -0.39 is 0 Å². The van der Waals surface area contributed by atoms with Gasteiger partial charge in [-0.3, -0.25) is 4.79 Å². The summed E-state index contributed by atoms with van der Waals surface area (Å²) < 4.78 is 0. The van der Waals surface area contributed by atoms with Crippen molar-refractivity contribution in [1.82, 2.24) is 14.9 Å². The Morgan fingerprint density at radius 2 is 1.89 bits per heavy atom. The van der Waals surface area contributed by atoms with Crippen LogP contribution in [0.5, 0.6) is 5.75 Å². The minimum atomic E-state index is -0.231. The molecule has 0 fully saturated rings. The Labute approximate surface area is 169 Å². The summed E-state index contributed by atoms with van der Waals surface area (Å²) in [4.78, 5) is 23.7. The van der Waals surface area contributed by atoms with Gasteiger partial charge in [0.1, 0.15) is 5.75 Å². The van der Waals surface area contributed by atoms with Gasteiger partial charge in [-0.1, -0.05) is 12.1 Å². The molecule has 7 heteroatoms. The van der Waals surface area contributed by atoms with Crippen molar-refractivity contribution in [1.29, 1.82) is 0 Å². The molecule has 0 spiro atoms. The second-order valence-corrected chi connectivity index (χ2v) is 8.03. The standard InChI is InChI=1S/C21H26N4O2S/c1-24(2)18(11-15-4-6-19(26)7-5-15)13-25(3)21-22-17(12-20(27)23-21)10-16-8-9-28-14-16/h4-9,12,14,18,26H,10-11,13H2,1-3H3,(H,22,23,27). The first-order valence-electron chi connectivity index (χ1n) is 9.17. The lowest BCUT2D eigenvalue weighted by Crippen LogP contribution is -2.41. The van der Waals surface area contributed by atoms with Crippen molar-refractivity contribution in [3.05, 3.63) is 74.3 Å². The molecule has 1 atom stereocenters. The minimum absolute atomic E-state index is 0.223. The molecule has 148 valence electrons. The fourth-order valence-electron chi connectivity index (χ4n) is 3.10. The summed E-state index contributed by atoms with van der Waals surface area (Å²) in [5.41, 5.74) is 2.96. The normalized spacial score (nSPS) is 12.3. The molecule has 3 rings (SSSR count). The zero-order chi connectivity index (χ0) is 20.1. The van der Waals surface area contributed by atoms with Crippen molar-refractivity contribution >= 4 is 17.3 Å². The maximum absolute atomic E-state index is 12.1. The summed E-state index contributed by atoms with van der Waals surface area (Å²) in [6.45, 7) is 0.707. The van der Waals surface area contributed by atoms with E-state index in [1.807, 2.05) is 43.6 Å². The van der Waals surface area contributed by atoms with Crippen LogP contribution in [0.2, 0.25) is 0 Å². The summed E-state index contributed by atoms with van der Waals surface area (Å²) >= 11 is 1.65. The number of aromatic nitrogens is 2. The van der Waals surface area contributed by atoms with Crippen molar-refractivity contribution in [2.75, 3.05) is 32.6 Å². The van der Waals surface area contributed by atoms with Crippen LogP contribution in [0.3, 0.4) is 0 Å². The van der Waals surface area contributed by atoms with Crippen LogP contribution in [-0.2, 0) is 12.8 Å². The predicted molar refractivity (Wildman–Crippen MR) is 115 cm³/mol. The topological polar surface area (TPSA) is 72.5 Å². The van der Waals surface area contributed by atoms with Crippen molar-refractivity contribution < 1.29 is 5.11 Å². The summed E-state index contributed by atoms with van der Waals surface area (Å²) in [6, 6.07) is 11.1. The van der Waals surface area contributed by atoms with E-state index in [9.17, 15) is 9.90 Å². The second-order valence-electron chi connectivity index (χ2n) is 7.25. The molecule has 28 heavy (non-hydrogen) atoms. The number of hydrogen-bond donors (Lipinski definition) is 2. The highest BCUT2D eigenvalue weighted by molar-refractivity contribution is 7.07. The monoisotopic (exact) mass is 398 g/mol. The third-order valence-electron chi connectivity index (χ3n) is 4.74. The van der Waals surface area contributed by atoms with Gasteiger partial charge < -0.3 is 19.9 Å². The van der Waals surface area contributed by atoms with Gasteiger partial charge in [0.25, 0.3) is 5.56 Å². The highest BCUT2D eigenvalue weighted by atomic mass is 32.1. The summed E-state index contributed by atoms with van der Waals surface area (Å²) in [7, 11) is 6.03. The molecule has 0 saturated carbocycles. The van der Waals surface area contributed by atoms with Gasteiger partial charge in [0.05, 0.1) is 0 Å². The average Bonchev–Trinajstić information content (AvgIpc) is 3.15. The van der Waals surface area contributed by atoms with Gasteiger partial charge in [-0.2, -0.15) is 16.3 Å². The maximum atomic E-state index is 12.1. The summed E-state index contributed by atoms with van der Waals surface area (Å²) in [5, 5.41) is 13.6. The third-order valence-corrected chi connectivity index (χ3v) is 5.48. The molecule has 2 aromatic heterocycles. The number of likely N-dealkylation sites (N-methyl/N-ethyl adjacent to an activating group) is 2. The van der Waals surface area contributed by atoms with Crippen molar-refractivity contribution in [3.8, 4) is 5.75 Å². The molecule has 1 aromatic carbocycles. The lowest BCUT2D eigenvalue weighted by molar-refractivity contribution is 0.294. The molecule has 1 unspecified atom stereocenters. The summed E-state index contributed by atoms with van der Waals surface area (Å²) in [5.74, 6) is 0.849. The highest BCUT2D eigenvalue weighted by Gasteiger charge is 2.17. The Morgan fingerprint density at radius 3 is 2.54 bits per heavy atom. The zero-order valence-electron chi connectivity index (χ0n) is 16.4. The molecule has 6 nitrogen and oxygen atoms in total. The number of aromatic hydroxyl groups is 1. The van der Waals surface area contributed by atoms with Gasteiger partial charge in [0.2, 0.25) is 5.95 Å².